The van der Waals surface area contributed by atoms with Crippen molar-refractivity contribution in [2.75, 3.05) is 17.4 Å². The molecule has 7 nitrogen and oxygen atoms in total. The zero-order chi connectivity index (χ0) is 27.9. The molecule has 0 bridgehead atoms. The third-order valence-electron chi connectivity index (χ3n) is 6.19. The predicted molar refractivity (Wildman–Crippen MR) is 152 cm³/mol. The molecule has 0 saturated heterocycles. The molecule has 2 amide bonds. The van der Waals surface area contributed by atoms with E-state index in [2.05, 4.69) is 5.32 Å². The Morgan fingerprint density at radius 3 is 2.00 bits per heavy atom. The fourth-order valence-electron chi connectivity index (χ4n) is 3.84. The second kappa shape index (κ2) is 12.9. The molecule has 3 aromatic rings. The Balaban J connectivity index is 2.00. The summed E-state index contributed by atoms with van der Waals surface area (Å²) in [6, 6.07) is 19.6. The summed E-state index contributed by atoms with van der Waals surface area (Å²) in [5, 5.41) is 3.24. The van der Waals surface area contributed by atoms with E-state index in [-0.39, 0.29) is 17.3 Å². The highest BCUT2D eigenvalue weighted by molar-refractivity contribution is 7.92. The van der Waals surface area contributed by atoms with Crippen LogP contribution < -0.4 is 9.62 Å². The van der Waals surface area contributed by atoms with E-state index in [1.165, 1.54) is 29.2 Å². The van der Waals surface area contributed by atoms with Gasteiger partial charge in [0.2, 0.25) is 11.8 Å². The summed E-state index contributed by atoms with van der Waals surface area (Å²) in [6.45, 7) is 7.62. The van der Waals surface area contributed by atoms with Gasteiger partial charge in [-0.1, -0.05) is 66.0 Å². The molecule has 0 unspecified atom stereocenters. The molecule has 0 heterocycles. The van der Waals surface area contributed by atoms with Gasteiger partial charge in [0.25, 0.3) is 10.0 Å². The maximum absolute atomic E-state index is 13.8. The van der Waals surface area contributed by atoms with Crippen molar-refractivity contribution in [1.82, 2.24) is 10.2 Å². The Morgan fingerprint density at radius 2 is 1.45 bits per heavy atom. The highest BCUT2D eigenvalue weighted by atomic mass is 35.5. The summed E-state index contributed by atoms with van der Waals surface area (Å²) >= 11 is 5.98. The number of rotatable bonds is 11. The molecule has 1 N–H and O–H groups in total. The Labute approximate surface area is 230 Å². The first-order chi connectivity index (χ1) is 18.0. The zero-order valence-corrected chi connectivity index (χ0v) is 23.7. The fourth-order valence-corrected chi connectivity index (χ4v) is 5.38. The maximum atomic E-state index is 13.8. The molecule has 0 aliphatic heterocycles. The molecule has 202 valence electrons. The third kappa shape index (κ3) is 7.36. The van der Waals surface area contributed by atoms with E-state index in [1.54, 1.807) is 31.2 Å². The lowest BCUT2D eigenvalue weighted by Crippen LogP contribution is -2.51. The van der Waals surface area contributed by atoms with Gasteiger partial charge < -0.3 is 10.2 Å². The van der Waals surface area contributed by atoms with Crippen LogP contribution in [-0.4, -0.2) is 44.3 Å². The number of halogens is 1. The monoisotopic (exact) mass is 555 g/mol. The Morgan fingerprint density at radius 1 is 0.895 bits per heavy atom. The average molecular weight is 556 g/mol. The number of carbonyl (C=O) groups excluding carboxylic acids is 2. The molecular weight excluding hydrogens is 522 g/mol. The minimum absolute atomic E-state index is 0.00842. The van der Waals surface area contributed by atoms with Crippen LogP contribution in [0.15, 0.2) is 77.7 Å². The van der Waals surface area contributed by atoms with E-state index < -0.39 is 28.5 Å². The van der Waals surface area contributed by atoms with Crippen molar-refractivity contribution in [2.45, 2.75) is 51.6 Å². The number of anilines is 1. The van der Waals surface area contributed by atoms with Crippen molar-refractivity contribution in [3.63, 3.8) is 0 Å². The van der Waals surface area contributed by atoms with Gasteiger partial charge in [-0.05, 0) is 69.2 Å². The Bertz CT molecular complexity index is 1340. The lowest BCUT2D eigenvalue weighted by Gasteiger charge is -2.32. The lowest BCUT2D eigenvalue weighted by atomic mass is 10.1. The summed E-state index contributed by atoms with van der Waals surface area (Å²) < 4.78 is 28.6. The number of carbonyl (C=O) groups is 2. The first-order valence-electron chi connectivity index (χ1n) is 12.5. The molecule has 9 heteroatoms. The van der Waals surface area contributed by atoms with E-state index in [1.807, 2.05) is 45.0 Å². The van der Waals surface area contributed by atoms with Gasteiger partial charge in [0.05, 0.1) is 10.6 Å². The summed E-state index contributed by atoms with van der Waals surface area (Å²) in [7, 11) is -4.12. The van der Waals surface area contributed by atoms with Crippen molar-refractivity contribution >= 4 is 39.1 Å². The summed E-state index contributed by atoms with van der Waals surface area (Å²) in [5.74, 6) is -0.794. The van der Waals surface area contributed by atoms with Gasteiger partial charge in [0.1, 0.15) is 12.6 Å². The van der Waals surface area contributed by atoms with Gasteiger partial charge in [-0.3, -0.25) is 13.9 Å². The number of nitrogens with zero attached hydrogens (tertiary/aromatic N) is 2. The van der Waals surface area contributed by atoms with E-state index in [9.17, 15) is 18.0 Å². The van der Waals surface area contributed by atoms with Crippen LogP contribution in [0.5, 0.6) is 0 Å². The topological polar surface area (TPSA) is 86.8 Å². The quantitative estimate of drug-likeness (QED) is 0.357. The molecular formula is C29H34ClN3O4S. The molecule has 0 aromatic heterocycles. The third-order valence-corrected chi connectivity index (χ3v) is 8.23. The molecule has 0 saturated carbocycles. The highest BCUT2D eigenvalue weighted by Crippen LogP contribution is 2.26. The SMILES string of the molecule is CCCNC(=O)[C@H](C)N(Cc1ccc(C)cc1)C(=O)CN(c1ccc(C)cc1)S(=O)(=O)c1ccc(Cl)cc1. The number of aryl methyl sites for hydroxylation is 2. The van der Waals surface area contributed by atoms with Gasteiger partial charge in [-0.15, -0.1) is 0 Å². The van der Waals surface area contributed by atoms with Crippen LogP contribution in [0, 0.1) is 13.8 Å². The van der Waals surface area contributed by atoms with Crippen LogP contribution >= 0.6 is 11.6 Å². The lowest BCUT2D eigenvalue weighted by molar-refractivity contribution is -0.139. The van der Waals surface area contributed by atoms with Crippen molar-refractivity contribution in [2.24, 2.45) is 0 Å². The molecule has 0 aliphatic rings. The maximum Gasteiger partial charge on any atom is 0.264 e. The van der Waals surface area contributed by atoms with E-state index in [4.69, 9.17) is 11.6 Å². The second-order valence-corrected chi connectivity index (χ2v) is 11.6. The fraction of sp³-hybridized carbons (Fsp3) is 0.310. The molecule has 3 aromatic carbocycles. The molecule has 3 rings (SSSR count). The van der Waals surface area contributed by atoms with E-state index in [0.29, 0.717) is 17.3 Å². The van der Waals surface area contributed by atoms with E-state index in [0.717, 1.165) is 27.4 Å². The van der Waals surface area contributed by atoms with Gasteiger partial charge in [0.15, 0.2) is 0 Å². The normalized spacial score (nSPS) is 12.0. The number of amides is 2. The number of sulfonamides is 1. The smallest absolute Gasteiger partial charge is 0.264 e. The minimum atomic E-state index is -4.12. The van der Waals surface area contributed by atoms with Gasteiger partial charge in [-0.2, -0.15) is 0 Å². The molecule has 0 fully saturated rings. The van der Waals surface area contributed by atoms with Crippen LogP contribution in [0.4, 0.5) is 5.69 Å². The number of benzene rings is 3. The number of hydrogen-bond donors (Lipinski definition) is 1. The summed E-state index contributed by atoms with van der Waals surface area (Å²) in [5.41, 5.74) is 3.20. The van der Waals surface area contributed by atoms with E-state index >= 15 is 0 Å². The van der Waals surface area contributed by atoms with Crippen LogP contribution in [0.25, 0.3) is 0 Å². The predicted octanol–water partition coefficient (Wildman–Crippen LogP) is 5.10. The van der Waals surface area contributed by atoms with Crippen molar-refractivity contribution in [3.05, 3.63) is 94.5 Å². The van der Waals surface area contributed by atoms with Crippen LogP contribution in [0.1, 0.15) is 37.0 Å². The zero-order valence-electron chi connectivity index (χ0n) is 22.1. The van der Waals surface area contributed by atoms with Gasteiger partial charge in [-0.25, -0.2) is 8.42 Å². The number of nitrogens with one attached hydrogen (secondary N) is 1. The summed E-state index contributed by atoms with van der Waals surface area (Å²) in [4.78, 5) is 28.2. The van der Waals surface area contributed by atoms with Crippen molar-refractivity contribution in [1.29, 1.82) is 0 Å². The first kappa shape index (κ1) is 29.2. The van der Waals surface area contributed by atoms with Crippen LogP contribution in [0.2, 0.25) is 5.02 Å². The Hall–Kier alpha value is -3.36. The van der Waals surface area contributed by atoms with Gasteiger partial charge in [0, 0.05) is 18.1 Å². The molecule has 0 spiro atoms. The largest absolute Gasteiger partial charge is 0.354 e. The molecule has 0 radical (unpaired) electrons. The molecule has 1 atom stereocenters. The number of hydrogen-bond acceptors (Lipinski definition) is 4. The van der Waals surface area contributed by atoms with Crippen LogP contribution in [-0.2, 0) is 26.2 Å². The average Bonchev–Trinajstić information content (AvgIpc) is 2.90. The standard InChI is InChI=1S/C29H34ClN3O4S/c1-5-18-31-29(35)23(4)32(19-24-10-6-21(2)7-11-24)28(34)20-33(26-14-8-22(3)9-15-26)38(36,37)27-16-12-25(30)13-17-27/h6-17,23H,5,18-20H2,1-4H3,(H,31,35)/t23-/m0/s1. The molecule has 0 aliphatic carbocycles. The van der Waals surface area contributed by atoms with Crippen LogP contribution in [0.3, 0.4) is 0 Å². The van der Waals surface area contributed by atoms with Gasteiger partial charge >= 0.3 is 0 Å². The highest BCUT2D eigenvalue weighted by Gasteiger charge is 2.32. The summed E-state index contributed by atoms with van der Waals surface area (Å²) in [6.07, 6.45) is 0.755. The molecule has 38 heavy (non-hydrogen) atoms. The second-order valence-electron chi connectivity index (χ2n) is 9.28. The minimum Gasteiger partial charge on any atom is -0.354 e. The first-order valence-corrected chi connectivity index (χ1v) is 14.3. The van der Waals surface area contributed by atoms with Crippen molar-refractivity contribution < 1.29 is 18.0 Å². The van der Waals surface area contributed by atoms with Crippen molar-refractivity contribution in [3.8, 4) is 0 Å². The Kier molecular flexibility index (Phi) is 9.94.